The molecule has 68 valence electrons. The van der Waals surface area contributed by atoms with E-state index in [0.29, 0.717) is 5.56 Å². The van der Waals surface area contributed by atoms with Gasteiger partial charge in [-0.3, -0.25) is 4.79 Å². The minimum atomic E-state index is -0.495. The van der Waals surface area contributed by atoms with Crippen molar-refractivity contribution in [2.24, 2.45) is 0 Å². The van der Waals surface area contributed by atoms with Crippen molar-refractivity contribution in [2.45, 2.75) is 6.42 Å². The molecule has 0 radical (unpaired) electrons. The number of methoxy groups -OCH3 is 1. The fourth-order valence-corrected chi connectivity index (χ4v) is 1.39. The Kier molecular flexibility index (Phi) is 1.69. The van der Waals surface area contributed by atoms with E-state index in [1.807, 2.05) is 0 Å². The van der Waals surface area contributed by atoms with E-state index in [2.05, 4.69) is 5.32 Å². The fraction of sp³-hybridized carbons (Fsp3) is 0.222. The van der Waals surface area contributed by atoms with Crippen LogP contribution in [0.5, 0.6) is 5.75 Å². The van der Waals surface area contributed by atoms with Gasteiger partial charge in [0, 0.05) is 0 Å². The molecule has 1 aromatic carbocycles. The molecule has 1 aliphatic heterocycles. The van der Waals surface area contributed by atoms with Crippen molar-refractivity contribution in [1.29, 1.82) is 0 Å². The zero-order valence-corrected chi connectivity index (χ0v) is 7.06. The van der Waals surface area contributed by atoms with E-state index in [9.17, 15) is 9.18 Å². The van der Waals surface area contributed by atoms with E-state index >= 15 is 0 Å². The lowest BCUT2D eigenvalue weighted by atomic mass is 10.1. The molecular formula is C9H8FNO2. The van der Waals surface area contributed by atoms with E-state index in [1.165, 1.54) is 13.2 Å². The third kappa shape index (κ3) is 1.14. The molecule has 0 unspecified atom stereocenters. The molecule has 1 N–H and O–H groups in total. The van der Waals surface area contributed by atoms with Crippen molar-refractivity contribution in [3.05, 3.63) is 23.5 Å². The number of anilines is 1. The molecule has 0 saturated carbocycles. The largest absolute Gasteiger partial charge is 0.494 e. The van der Waals surface area contributed by atoms with E-state index < -0.39 is 5.82 Å². The van der Waals surface area contributed by atoms with Gasteiger partial charge in [0.1, 0.15) is 0 Å². The highest BCUT2D eigenvalue weighted by atomic mass is 19.1. The lowest BCUT2D eigenvalue weighted by Crippen LogP contribution is -2.04. The maximum absolute atomic E-state index is 13.4. The van der Waals surface area contributed by atoms with Crippen molar-refractivity contribution in [1.82, 2.24) is 0 Å². The van der Waals surface area contributed by atoms with Crippen molar-refractivity contribution in [3.8, 4) is 5.75 Å². The molecule has 0 atom stereocenters. The number of fused-ring (bicyclic) bond motifs is 1. The summed E-state index contributed by atoms with van der Waals surface area (Å²) in [4.78, 5) is 10.9. The molecule has 0 fully saturated rings. The van der Waals surface area contributed by atoms with E-state index in [4.69, 9.17) is 4.74 Å². The number of halogens is 1. The summed E-state index contributed by atoms with van der Waals surface area (Å²) < 4.78 is 18.2. The second-order valence-corrected chi connectivity index (χ2v) is 2.84. The molecule has 13 heavy (non-hydrogen) atoms. The normalized spacial score (nSPS) is 13.8. The molecule has 0 aromatic heterocycles. The monoisotopic (exact) mass is 181 g/mol. The van der Waals surface area contributed by atoms with E-state index in [0.717, 1.165) is 0 Å². The minimum Gasteiger partial charge on any atom is -0.494 e. The summed E-state index contributed by atoms with van der Waals surface area (Å²) in [5.41, 5.74) is 0.938. The van der Waals surface area contributed by atoms with Crippen LogP contribution in [-0.2, 0) is 11.2 Å². The Morgan fingerprint density at radius 3 is 3.00 bits per heavy atom. The molecule has 0 saturated heterocycles. The van der Waals surface area contributed by atoms with Gasteiger partial charge in [0.15, 0.2) is 11.6 Å². The molecule has 1 aromatic rings. The number of benzene rings is 1. The number of rotatable bonds is 1. The number of ether oxygens (including phenoxy) is 1. The Morgan fingerprint density at radius 1 is 1.54 bits per heavy atom. The maximum atomic E-state index is 13.4. The van der Waals surface area contributed by atoms with Crippen LogP contribution in [0.2, 0.25) is 0 Å². The van der Waals surface area contributed by atoms with Gasteiger partial charge in [-0.25, -0.2) is 4.39 Å². The van der Waals surface area contributed by atoms with Gasteiger partial charge in [-0.05, 0) is 11.6 Å². The molecule has 1 aliphatic rings. The van der Waals surface area contributed by atoms with Crippen LogP contribution in [-0.4, -0.2) is 13.0 Å². The van der Waals surface area contributed by atoms with Crippen LogP contribution in [0.25, 0.3) is 0 Å². The van der Waals surface area contributed by atoms with Gasteiger partial charge in [0.25, 0.3) is 0 Å². The van der Waals surface area contributed by atoms with Crippen molar-refractivity contribution in [2.75, 3.05) is 12.4 Å². The van der Waals surface area contributed by atoms with Crippen LogP contribution >= 0.6 is 0 Å². The predicted molar refractivity (Wildman–Crippen MR) is 45.3 cm³/mol. The van der Waals surface area contributed by atoms with Crippen LogP contribution in [0.1, 0.15) is 5.56 Å². The van der Waals surface area contributed by atoms with Gasteiger partial charge in [-0.2, -0.15) is 0 Å². The van der Waals surface area contributed by atoms with Crippen LogP contribution in [0.3, 0.4) is 0 Å². The molecule has 4 heteroatoms. The number of hydrogen-bond acceptors (Lipinski definition) is 2. The first-order valence-corrected chi connectivity index (χ1v) is 3.87. The van der Waals surface area contributed by atoms with Gasteiger partial charge >= 0.3 is 0 Å². The van der Waals surface area contributed by atoms with Crippen molar-refractivity contribution < 1.29 is 13.9 Å². The SMILES string of the molecule is COc1ccc2c(c1F)NC(=O)C2. The average Bonchev–Trinajstić information content (AvgIpc) is 2.47. The third-order valence-electron chi connectivity index (χ3n) is 2.03. The highest BCUT2D eigenvalue weighted by molar-refractivity contribution is 5.99. The summed E-state index contributed by atoms with van der Waals surface area (Å²) in [6.07, 6.45) is 0.246. The lowest BCUT2D eigenvalue weighted by Gasteiger charge is -2.05. The van der Waals surface area contributed by atoms with Crippen LogP contribution < -0.4 is 10.1 Å². The van der Waals surface area contributed by atoms with Gasteiger partial charge in [-0.1, -0.05) is 6.07 Å². The standard InChI is InChI=1S/C9H8FNO2/c1-13-6-3-2-5-4-7(12)11-9(5)8(6)10/h2-3H,4H2,1H3,(H,11,12). The second kappa shape index (κ2) is 2.73. The topological polar surface area (TPSA) is 38.3 Å². The second-order valence-electron chi connectivity index (χ2n) is 2.84. The first kappa shape index (κ1) is 8.04. The van der Waals surface area contributed by atoms with Gasteiger partial charge < -0.3 is 10.1 Å². The highest BCUT2D eigenvalue weighted by Crippen LogP contribution is 2.31. The van der Waals surface area contributed by atoms with Gasteiger partial charge in [0.05, 0.1) is 19.2 Å². The van der Waals surface area contributed by atoms with E-state index in [1.54, 1.807) is 6.07 Å². The molecular weight excluding hydrogens is 173 g/mol. The molecule has 3 nitrogen and oxygen atoms in total. The Labute approximate surface area is 74.5 Å². The number of carbonyl (C=O) groups excluding carboxylic acids is 1. The van der Waals surface area contributed by atoms with Crippen LogP contribution in [0, 0.1) is 5.82 Å². The Balaban J connectivity index is 2.54. The highest BCUT2D eigenvalue weighted by Gasteiger charge is 2.23. The van der Waals surface area contributed by atoms with Crippen LogP contribution in [0.15, 0.2) is 12.1 Å². The van der Waals surface area contributed by atoms with E-state index in [-0.39, 0.29) is 23.8 Å². The van der Waals surface area contributed by atoms with Crippen molar-refractivity contribution >= 4 is 11.6 Å². The first-order valence-electron chi connectivity index (χ1n) is 3.87. The molecule has 1 heterocycles. The smallest absolute Gasteiger partial charge is 0.228 e. The third-order valence-corrected chi connectivity index (χ3v) is 2.03. The summed E-state index contributed by atoms with van der Waals surface area (Å²) in [5, 5.41) is 2.45. The Bertz CT molecular complexity index is 376. The van der Waals surface area contributed by atoms with Crippen molar-refractivity contribution in [3.63, 3.8) is 0 Å². The van der Waals surface area contributed by atoms with Gasteiger partial charge in [0.2, 0.25) is 5.91 Å². The number of amides is 1. The first-order chi connectivity index (χ1) is 6.22. The summed E-state index contributed by atoms with van der Waals surface area (Å²) in [6.45, 7) is 0. The lowest BCUT2D eigenvalue weighted by molar-refractivity contribution is -0.115. The Hall–Kier alpha value is -1.58. The number of hydrogen-bond donors (Lipinski definition) is 1. The molecule has 0 aliphatic carbocycles. The van der Waals surface area contributed by atoms with Crippen LogP contribution in [0.4, 0.5) is 10.1 Å². The molecule has 0 spiro atoms. The molecule has 2 rings (SSSR count). The predicted octanol–water partition coefficient (Wildman–Crippen LogP) is 1.33. The fourth-order valence-electron chi connectivity index (χ4n) is 1.39. The van der Waals surface area contributed by atoms with Gasteiger partial charge in [-0.15, -0.1) is 0 Å². The zero-order valence-electron chi connectivity index (χ0n) is 7.06. The maximum Gasteiger partial charge on any atom is 0.228 e. The summed E-state index contributed by atoms with van der Waals surface area (Å²) >= 11 is 0. The number of carbonyl (C=O) groups is 1. The summed E-state index contributed by atoms with van der Waals surface area (Å²) in [5.74, 6) is -0.519. The zero-order chi connectivity index (χ0) is 9.42. The molecule has 0 bridgehead atoms. The minimum absolute atomic E-state index is 0.154. The quantitative estimate of drug-likeness (QED) is 0.709. The molecule has 1 amide bonds. The summed E-state index contributed by atoms with van der Waals surface area (Å²) in [7, 11) is 1.39. The Morgan fingerprint density at radius 2 is 2.31 bits per heavy atom. The average molecular weight is 181 g/mol. The number of nitrogens with one attached hydrogen (secondary N) is 1. The summed E-state index contributed by atoms with van der Waals surface area (Å²) in [6, 6.07) is 3.21.